The van der Waals surface area contributed by atoms with E-state index in [1.165, 1.54) is 32.2 Å². The van der Waals surface area contributed by atoms with Crippen LogP contribution in [0.25, 0.3) is 11.7 Å². The Kier molecular flexibility index (Phi) is 6.01. The van der Waals surface area contributed by atoms with Crippen molar-refractivity contribution in [2.45, 2.75) is 13.0 Å². The van der Waals surface area contributed by atoms with Crippen molar-refractivity contribution in [2.75, 3.05) is 31.7 Å². The smallest absolute Gasteiger partial charge is 0.267 e. The first kappa shape index (κ1) is 21.8. The summed E-state index contributed by atoms with van der Waals surface area (Å²) in [5.74, 6) is 0.373. The molecule has 0 aliphatic carbocycles. The van der Waals surface area contributed by atoms with Crippen LogP contribution in [0.2, 0.25) is 0 Å². The van der Waals surface area contributed by atoms with Gasteiger partial charge in [0.15, 0.2) is 0 Å². The maximum absolute atomic E-state index is 13.5. The van der Waals surface area contributed by atoms with E-state index in [2.05, 4.69) is 17.0 Å². The highest BCUT2D eigenvalue weighted by atomic mass is 32.2. The Labute approximate surface area is 200 Å². The summed E-state index contributed by atoms with van der Waals surface area (Å²) < 4.78 is 7.07. The SMILES string of the molecule is COCCN1C(=O)C(=Cc2c(N3CCc4ccccc4C3)nc3ccccn3c2=O)SC1=S. The average Bonchev–Trinajstić information content (AvgIpc) is 3.11. The van der Waals surface area contributed by atoms with E-state index in [9.17, 15) is 9.59 Å². The number of aromatic nitrogens is 2. The van der Waals surface area contributed by atoms with Gasteiger partial charge in [-0.2, -0.15) is 0 Å². The van der Waals surface area contributed by atoms with E-state index in [1.54, 1.807) is 25.4 Å². The molecule has 9 heteroatoms. The summed E-state index contributed by atoms with van der Waals surface area (Å²) in [6.45, 7) is 2.16. The molecule has 0 saturated carbocycles. The van der Waals surface area contributed by atoms with E-state index in [0.717, 1.165) is 13.0 Å². The summed E-state index contributed by atoms with van der Waals surface area (Å²) in [6.07, 6.45) is 4.21. The normalized spacial score (nSPS) is 17.3. The number of carbonyl (C=O) groups is 1. The Balaban J connectivity index is 1.61. The molecule has 1 aromatic carbocycles. The Hall–Kier alpha value is -3.01. The lowest BCUT2D eigenvalue weighted by Gasteiger charge is -2.30. The third-order valence-corrected chi connectivity index (χ3v) is 7.22. The molecule has 1 amide bonds. The van der Waals surface area contributed by atoms with Gasteiger partial charge in [-0.3, -0.25) is 18.9 Å². The summed E-state index contributed by atoms with van der Waals surface area (Å²) >= 11 is 6.60. The van der Waals surface area contributed by atoms with E-state index >= 15 is 0 Å². The number of hydrogen-bond donors (Lipinski definition) is 0. The number of benzene rings is 1. The van der Waals surface area contributed by atoms with Crippen molar-refractivity contribution in [3.8, 4) is 0 Å². The predicted octanol–water partition coefficient (Wildman–Crippen LogP) is 3.10. The second kappa shape index (κ2) is 9.09. The van der Waals surface area contributed by atoms with Gasteiger partial charge in [0, 0.05) is 26.4 Å². The van der Waals surface area contributed by atoms with Gasteiger partial charge < -0.3 is 9.64 Å². The number of nitrogens with zero attached hydrogens (tertiary/aromatic N) is 4. The van der Waals surface area contributed by atoms with E-state index in [-0.39, 0.29) is 11.5 Å². The largest absolute Gasteiger partial charge is 0.383 e. The Morgan fingerprint density at radius 1 is 1.15 bits per heavy atom. The summed E-state index contributed by atoms with van der Waals surface area (Å²) in [6, 6.07) is 13.8. The van der Waals surface area contributed by atoms with E-state index in [4.69, 9.17) is 21.9 Å². The monoisotopic (exact) mass is 478 g/mol. The van der Waals surface area contributed by atoms with Crippen LogP contribution in [0.1, 0.15) is 16.7 Å². The van der Waals surface area contributed by atoms with Crippen LogP contribution in [0.4, 0.5) is 5.82 Å². The van der Waals surface area contributed by atoms with E-state index in [0.29, 0.717) is 46.0 Å². The third-order valence-electron chi connectivity index (χ3n) is 5.85. The molecule has 0 N–H and O–H groups in total. The number of thiocarbonyl (C=S) groups is 1. The van der Waals surface area contributed by atoms with Gasteiger partial charge >= 0.3 is 0 Å². The number of ether oxygens (including phenoxy) is 1. The van der Waals surface area contributed by atoms with Gasteiger partial charge in [-0.05, 0) is 35.8 Å². The van der Waals surface area contributed by atoms with Crippen LogP contribution in [0.15, 0.2) is 58.4 Å². The summed E-state index contributed by atoms with van der Waals surface area (Å²) in [5, 5.41) is 0. The fourth-order valence-electron chi connectivity index (χ4n) is 4.14. The number of rotatable bonds is 5. The molecule has 33 heavy (non-hydrogen) atoms. The quantitative estimate of drug-likeness (QED) is 0.412. The number of amides is 1. The highest BCUT2D eigenvalue weighted by Crippen LogP contribution is 2.34. The van der Waals surface area contributed by atoms with Crippen LogP contribution in [-0.2, 0) is 22.5 Å². The van der Waals surface area contributed by atoms with Crippen LogP contribution < -0.4 is 10.5 Å². The molecule has 1 saturated heterocycles. The Bertz CT molecular complexity index is 1350. The molecule has 3 aromatic rings. The van der Waals surface area contributed by atoms with Crippen molar-refractivity contribution in [1.82, 2.24) is 14.3 Å². The fourth-order valence-corrected chi connectivity index (χ4v) is 5.43. The topological polar surface area (TPSA) is 67.2 Å². The first-order valence-corrected chi connectivity index (χ1v) is 11.9. The molecule has 2 aliphatic rings. The third kappa shape index (κ3) is 4.07. The van der Waals surface area contributed by atoms with Crippen LogP contribution >= 0.6 is 24.0 Å². The average molecular weight is 479 g/mol. The number of carbonyl (C=O) groups excluding carboxylic acids is 1. The minimum absolute atomic E-state index is 0.211. The van der Waals surface area contributed by atoms with Crippen molar-refractivity contribution >= 4 is 51.7 Å². The van der Waals surface area contributed by atoms with Crippen molar-refractivity contribution < 1.29 is 9.53 Å². The highest BCUT2D eigenvalue weighted by molar-refractivity contribution is 8.26. The molecule has 5 rings (SSSR count). The molecule has 2 aliphatic heterocycles. The van der Waals surface area contributed by atoms with Gasteiger partial charge in [-0.15, -0.1) is 0 Å². The van der Waals surface area contributed by atoms with Crippen LogP contribution in [0.3, 0.4) is 0 Å². The van der Waals surface area contributed by atoms with Gasteiger partial charge in [-0.25, -0.2) is 4.98 Å². The minimum Gasteiger partial charge on any atom is -0.383 e. The first-order valence-electron chi connectivity index (χ1n) is 10.6. The zero-order valence-corrected chi connectivity index (χ0v) is 19.7. The molecule has 1 fully saturated rings. The van der Waals surface area contributed by atoms with Crippen molar-refractivity contribution in [1.29, 1.82) is 0 Å². The van der Waals surface area contributed by atoms with E-state index < -0.39 is 0 Å². The summed E-state index contributed by atoms with van der Waals surface area (Å²) in [5.41, 5.74) is 3.28. The van der Waals surface area contributed by atoms with Crippen LogP contribution in [0.5, 0.6) is 0 Å². The van der Waals surface area contributed by atoms with Gasteiger partial charge in [0.2, 0.25) is 0 Å². The van der Waals surface area contributed by atoms with Crippen LogP contribution in [0, 0.1) is 0 Å². The van der Waals surface area contributed by atoms with Gasteiger partial charge in [0.25, 0.3) is 11.5 Å². The maximum Gasteiger partial charge on any atom is 0.267 e. The van der Waals surface area contributed by atoms with Crippen molar-refractivity contribution in [3.63, 3.8) is 0 Å². The van der Waals surface area contributed by atoms with Crippen LogP contribution in [-0.4, -0.2) is 51.3 Å². The zero-order chi connectivity index (χ0) is 22.9. The summed E-state index contributed by atoms with van der Waals surface area (Å²) in [7, 11) is 1.58. The molecule has 0 radical (unpaired) electrons. The molecule has 0 atom stereocenters. The molecule has 4 heterocycles. The molecule has 0 unspecified atom stereocenters. The number of hydrogen-bond acceptors (Lipinski definition) is 7. The molecule has 0 bridgehead atoms. The number of thioether (sulfide) groups is 1. The minimum atomic E-state index is -0.213. The first-order chi connectivity index (χ1) is 16.1. The van der Waals surface area contributed by atoms with E-state index in [1.807, 2.05) is 24.3 Å². The number of methoxy groups -OCH3 is 1. The number of anilines is 1. The van der Waals surface area contributed by atoms with Crippen molar-refractivity contribution in [3.05, 3.63) is 80.6 Å². The molecular weight excluding hydrogens is 456 g/mol. The van der Waals surface area contributed by atoms with Gasteiger partial charge in [0.1, 0.15) is 15.8 Å². The molecule has 168 valence electrons. The lowest BCUT2D eigenvalue weighted by Crippen LogP contribution is -2.34. The highest BCUT2D eigenvalue weighted by Gasteiger charge is 2.33. The lowest BCUT2D eigenvalue weighted by molar-refractivity contribution is -0.122. The summed E-state index contributed by atoms with van der Waals surface area (Å²) in [4.78, 5) is 35.4. The molecule has 2 aromatic heterocycles. The molecule has 0 spiro atoms. The molecule has 7 nitrogen and oxygen atoms in total. The second-order valence-corrected chi connectivity index (χ2v) is 9.53. The Morgan fingerprint density at radius 2 is 1.94 bits per heavy atom. The fraction of sp³-hybridized carbons (Fsp3) is 0.250. The Morgan fingerprint density at radius 3 is 2.76 bits per heavy atom. The maximum atomic E-state index is 13.5. The predicted molar refractivity (Wildman–Crippen MR) is 134 cm³/mol. The van der Waals surface area contributed by atoms with Gasteiger partial charge in [-0.1, -0.05) is 54.3 Å². The number of pyridine rings is 1. The van der Waals surface area contributed by atoms with Gasteiger partial charge in [0.05, 0.1) is 23.6 Å². The number of fused-ring (bicyclic) bond motifs is 2. The lowest BCUT2D eigenvalue weighted by atomic mass is 9.99. The standard InChI is InChI=1S/C24H22N4O3S2/c1-31-13-12-28-23(30)19(33-24(28)32)14-18-21(25-20-8-4-5-10-27(20)22(18)29)26-11-9-16-6-2-3-7-17(16)15-26/h2-8,10,14H,9,11-13,15H2,1H3. The molecular formula is C24H22N4O3S2. The zero-order valence-electron chi connectivity index (χ0n) is 18.1. The van der Waals surface area contributed by atoms with Crippen molar-refractivity contribution in [2.24, 2.45) is 0 Å². The second-order valence-electron chi connectivity index (χ2n) is 7.85.